The van der Waals surface area contributed by atoms with Crippen molar-refractivity contribution in [2.45, 2.75) is 6.42 Å². The second-order valence-electron chi connectivity index (χ2n) is 6.48. The van der Waals surface area contributed by atoms with Gasteiger partial charge in [-0.3, -0.25) is 14.8 Å². The van der Waals surface area contributed by atoms with Crippen LogP contribution < -0.4 is 0 Å². The second-order valence-corrected chi connectivity index (χ2v) is 8.46. The topological polar surface area (TPSA) is 83.5 Å². The Kier molecular flexibility index (Phi) is 5.63. The van der Waals surface area contributed by atoms with E-state index >= 15 is 0 Å². The molecule has 8 heteroatoms. The standard InChI is InChI=1S/C18H22N4O3S/c1-26(24,25)22-11-10-21(18(23)17-7-3-5-9-20-17)13-15(14-22)12-16-6-2-4-8-19-16/h2-9,15H,10-14H2,1H3/t15-/m0/s1. The largest absolute Gasteiger partial charge is 0.336 e. The van der Waals surface area contributed by atoms with E-state index in [1.165, 1.54) is 10.6 Å². The number of nitrogens with zero attached hydrogens (tertiary/aromatic N) is 4. The highest BCUT2D eigenvalue weighted by atomic mass is 32.2. The Morgan fingerprint density at radius 2 is 1.81 bits per heavy atom. The zero-order valence-corrected chi connectivity index (χ0v) is 15.5. The maximum Gasteiger partial charge on any atom is 0.272 e. The number of hydrogen-bond donors (Lipinski definition) is 0. The first-order valence-corrected chi connectivity index (χ1v) is 10.3. The highest BCUT2D eigenvalue weighted by Gasteiger charge is 2.30. The summed E-state index contributed by atoms with van der Waals surface area (Å²) in [6, 6.07) is 10.9. The lowest BCUT2D eigenvalue weighted by molar-refractivity contribution is 0.0740. The lowest BCUT2D eigenvalue weighted by atomic mass is 10.0. The Balaban J connectivity index is 1.82. The van der Waals surface area contributed by atoms with Crippen LogP contribution in [0.2, 0.25) is 0 Å². The fraction of sp³-hybridized carbons (Fsp3) is 0.389. The molecule has 0 saturated carbocycles. The van der Waals surface area contributed by atoms with Crippen LogP contribution in [0.3, 0.4) is 0 Å². The molecule has 0 unspecified atom stereocenters. The molecule has 1 fully saturated rings. The SMILES string of the molecule is CS(=O)(=O)N1CCN(C(=O)c2ccccn2)C[C@H](Cc2ccccn2)C1. The van der Waals surface area contributed by atoms with E-state index in [0.717, 1.165) is 5.69 Å². The number of hydrogen-bond acceptors (Lipinski definition) is 5. The molecule has 0 aliphatic carbocycles. The van der Waals surface area contributed by atoms with Crippen molar-refractivity contribution in [2.75, 3.05) is 32.4 Å². The van der Waals surface area contributed by atoms with Crippen LogP contribution in [-0.4, -0.2) is 65.9 Å². The molecule has 2 aromatic heterocycles. The lowest BCUT2D eigenvalue weighted by Crippen LogP contribution is -2.37. The molecule has 7 nitrogen and oxygen atoms in total. The fourth-order valence-electron chi connectivity index (χ4n) is 3.15. The van der Waals surface area contributed by atoms with Crippen LogP contribution in [0.25, 0.3) is 0 Å². The van der Waals surface area contributed by atoms with Gasteiger partial charge in [-0.25, -0.2) is 12.7 Å². The molecule has 0 radical (unpaired) electrons. The Hall–Kier alpha value is -2.32. The molecule has 1 aliphatic heterocycles. The van der Waals surface area contributed by atoms with Crippen LogP contribution in [0.5, 0.6) is 0 Å². The van der Waals surface area contributed by atoms with Crippen molar-refractivity contribution < 1.29 is 13.2 Å². The predicted octanol–water partition coefficient (Wildman–Crippen LogP) is 1.05. The molecule has 1 atom stereocenters. The zero-order valence-electron chi connectivity index (χ0n) is 14.7. The number of sulfonamides is 1. The van der Waals surface area contributed by atoms with Crippen molar-refractivity contribution in [3.63, 3.8) is 0 Å². The summed E-state index contributed by atoms with van der Waals surface area (Å²) in [6.07, 6.45) is 5.12. The van der Waals surface area contributed by atoms with E-state index in [1.807, 2.05) is 18.2 Å². The minimum atomic E-state index is -3.33. The molecule has 1 aliphatic rings. The number of rotatable bonds is 4. The summed E-state index contributed by atoms with van der Waals surface area (Å²) in [4.78, 5) is 22.9. The molecule has 0 bridgehead atoms. The van der Waals surface area contributed by atoms with Gasteiger partial charge in [0, 0.05) is 44.3 Å². The number of pyridine rings is 2. The molecule has 0 spiro atoms. The Morgan fingerprint density at radius 3 is 2.42 bits per heavy atom. The first-order chi connectivity index (χ1) is 12.4. The van der Waals surface area contributed by atoms with Crippen molar-refractivity contribution in [1.29, 1.82) is 0 Å². The van der Waals surface area contributed by atoms with E-state index in [-0.39, 0.29) is 18.4 Å². The van der Waals surface area contributed by atoms with Gasteiger partial charge in [0.25, 0.3) is 5.91 Å². The first-order valence-electron chi connectivity index (χ1n) is 8.49. The van der Waals surface area contributed by atoms with Crippen molar-refractivity contribution in [1.82, 2.24) is 19.2 Å². The molecule has 3 rings (SSSR count). The number of carbonyl (C=O) groups excluding carboxylic acids is 1. The summed E-state index contributed by atoms with van der Waals surface area (Å²) in [6.45, 7) is 1.48. The summed E-state index contributed by atoms with van der Waals surface area (Å²) < 4.78 is 25.6. The minimum absolute atomic E-state index is 0.0326. The fourth-order valence-corrected chi connectivity index (χ4v) is 4.05. The van der Waals surface area contributed by atoms with Crippen LogP contribution in [0, 0.1) is 5.92 Å². The van der Waals surface area contributed by atoms with E-state index < -0.39 is 10.0 Å². The quantitative estimate of drug-likeness (QED) is 0.799. The van der Waals surface area contributed by atoms with Gasteiger partial charge in [-0.1, -0.05) is 12.1 Å². The Morgan fingerprint density at radius 1 is 1.08 bits per heavy atom. The molecule has 0 N–H and O–H groups in total. The van der Waals surface area contributed by atoms with Crippen LogP contribution >= 0.6 is 0 Å². The maximum absolute atomic E-state index is 12.8. The Labute approximate surface area is 153 Å². The second kappa shape index (κ2) is 7.92. The van der Waals surface area contributed by atoms with E-state index in [9.17, 15) is 13.2 Å². The molecule has 3 heterocycles. The number of amides is 1. The summed E-state index contributed by atoms with van der Waals surface area (Å²) in [5, 5.41) is 0. The first kappa shape index (κ1) is 18.5. The summed E-state index contributed by atoms with van der Waals surface area (Å²) in [5.41, 5.74) is 1.26. The number of carbonyl (C=O) groups is 1. The lowest BCUT2D eigenvalue weighted by Gasteiger charge is -2.23. The van der Waals surface area contributed by atoms with Crippen LogP contribution in [-0.2, 0) is 16.4 Å². The van der Waals surface area contributed by atoms with Gasteiger partial charge in [-0.05, 0) is 36.6 Å². The van der Waals surface area contributed by atoms with Crippen molar-refractivity contribution in [2.24, 2.45) is 5.92 Å². The number of aromatic nitrogens is 2. The van der Waals surface area contributed by atoms with E-state index in [0.29, 0.717) is 31.7 Å². The van der Waals surface area contributed by atoms with Gasteiger partial charge in [0.15, 0.2) is 0 Å². The molecule has 1 saturated heterocycles. The molecular formula is C18H22N4O3S. The Bertz CT molecular complexity index is 843. The van der Waals surface area contributed by atoms with Crippen LogP contribution in [0.15, 0.2) is 48.8 Å². The van der Waals surface area contributed by atoms with Gasteiger partial charge in [-0.2, -0.15) is 0 Å². The molecule has 26 heavy (non-hydrogen) atoms. The average Bonchev–Trinajstić information content (AvgIpc) is 2.85. The van der Waals surface area contributed by atoms with E-state index in [1.54, 1.807) is 35.5 Å². The van der Waals surface area contributed by atoms with Gasteiger partial charge >= 0.3 is 0 Å². The van der Waals surface area contributed by atoms with E-state index in [4.69, 9.17) is 0 Å². The van der Waals surface area contributed by atoms with Gasteiger partial charge in [0.1, 0.15) is 5.69 Å². The van der Waals surface area contributed by atoms with Gasteiger partial charge < -0.3 is 4.90 Å². The zero-order chi connectivity index (χ0) is 18.6. The van der Waals surface area contributed by atoms with E-state index in [2.05, 4.69) is 9.97 Å². The smallest absolute Gasteiger partial charge is 0.272 e. The third-order valence-electron chi connectivity index (χ3n) is 4.42. The van der Waals surface area contributed by atoms with Crippen molar-refractivity contribution in [3.8, 4) is 0 Å². The minimum Gasteiger partial charge on any atom is -0.336 e. The molecular weight excluding hydrogens is 352 g/mol. The normalized spacial score (nSPS) is 19.1. The summed E-state index contributed by atoms with van der Waals surface area (Å²) >= 11 is 0. The van der Waals surface area contributed by atoms with Crippen LogP contribution in [0.4, 0.5) is 0 Å². The van der Waals surface area contributed by atoms with Gasteiger partial charge in [0.2, 0.25) is 10.0 Å². The highest BCUT2D eigenvalue weighted by Crippen LogP contribution is 2.18. The monoisotopic (exact) mass is 374 g/mol. The average molecular weight is 374 g/mol. The third kappa shape index (κ3) is 4.64. The van der Waals surface area contributed by atoms with Gasteiger partial charge in [0.05, 0.1) is 6.26 Å². The molecule has 1 amide bonds. The maximum atomic E-state index is 12.8. The van der Waals surface area contributed by atoms with Crippen molar-refractivity contribution >= 4 is 15.9 Å². The predicted molar refractivity (Wildman–Crippen MR) is 98.0 cm³/mol. The van der Waals surface area contributed by atoms with Gasteiger partial charge in [-0.15, -0.1) is 0 Å². The molecule has 2 aromatic rings. The summed E-state index contributed by atoms with van der Waals surface area (Å²) in [7, 11) is -3.33. The van der Waals surface area contributed by atoms with Crippen molar-refractivity contribution in [3.05, 3.63) is 60.2 Å². The molecule has 0 aromatic carbocycles. The summed E-state index contributed by atoms with van der Waals surface area (Å²) in [5.74, 6) is -0.207. The van der Waals surface area contributed by atoms with Crippen LogP contribution in [0.1, 0.15) is 16.2 Å². The highest BCUT2D eigenvalue weighted by molar-refractivity contribution is 7.88. The molecule has 138 valence electrons. The third-order valence-corrected chi connectivity index (χ3v) is 5.69.